The van der Waals surface area contributed by atoms with Gasteiger partial charge in [-0.25, -0.2) is 4.98 Å². The Kier molecular flexibility index (Phi) is 4.27. The van der Waals surface area contributed by atoms with Crippen molar-refractivity contribution in [1.82, 2.24) is 9.97 Å². The summed E-state index contributed by atoms with van der Waals surface area (Å²) >= 11 is 9.53. The lowest BCUT2D eigenvalue weighted by Crippen LogP contribution is -2.24. The highest BCUT2D eigenvalue weighted by Gasteiger charge is 2.17. The molecule has 0 bridgehead atoms. The third-order valence-corrected chi connectivity index (χ3v) is 3.71. The minimum Gasteiger partial charge on any atom is -0.383 e. The molecule has 0 aliphatic heterocycles. The summed E-state index contributed by atoms with van der Waals surface area (Å²) in [6.45, 7) is 2.04. The van der Waals surface area contributed by atoms with E-state index in [9.17, 15) is 0 Å². The Morgan fingerprint density at radius 2 is 2.00 bits per heavy atom. The molecule has 0 spiro atoms. The minimum absolute atomic E-state index is 0.0439. The SMILES string of the molecule is CC(c1ccccc1Cl)N(C)c1nc(N)cc(Br)n1. The second kappa shape index (κ2) is 5.75. The van der Waals surface area contributed by atoms with E-state index in [-0.39, 0.29) is 6.04 Å². The van der Waals surface area contributed by atoms with Crippen LogP contribution in [-0.2, 0) is 0 Å². The van der Waals surface area contributed by atoms with Gasteiger partial charge in [-0.15, -0.1) is 0 Å². The maximum atomic E-state index is 6.21. The van der Waals surface area contributed by atoms with E-state index >= 15 is 0 Å². The average Bonchev–Trinajstić information content (AvgIpc) is 2.36. The van der Waals surface area contributed by atoms with Gasteiger partial charge < -0.3 is 10.6 Å². The van der Waals surface area contributed by atoms with Crippen molar-refractivity contribution in [1.29, 1.82) is 0 Å². The molecular formula is C13H14BrClN4. The molecule has 1 aromatic carbocycles. The van der Waals surface area contributed by atoms with Crippen LogP contribution in [0.2, 0.25) is 5.02 Å². The molecule has 1 aromatic heterocycles. The van der Waals surface area contributed by atoms with E-state index in [4.69, 9.17) is 17.3 Å². The highest BCUT2D eigenvalue weighted by Crippen LogP contribution is 2.29. The van der Waals surface area contributed by atoms with Crippen LogP contribution in [0.25, 0.3) is 0 Å². The molecule has 2 aromatic rings. The maximum Gasteiger partial charge on any atom is 0.228 e. The van der Waals surface area contributed by atoms with Crippen molar-refractivity contribution < 1.29 is 0 Å². The van der Waals surface area contributed by atoms with Gasteiger partial charge in [-0.1, -0.05) is 29.8 Å². The van der Waals surface area contributed by atoms with Gasteiger partial charge in [-0.3, -0.25) is 0 Å². The summed E-state index contributed by atoms with van der Waals surface area (Å²) in [4.78, 5) is 10.5. The van der Waals surface area contributed by atoms with Gasteiger partial charge in [0.05, 0.1) is 6.04 Å². The van der Waals surface area contributed by atoms with Crippen LogP contribution in [0.1, 0.15) is 18.5 Å². The third kappa shape index (κ3) is 3.16. The smallest absolute Gasteiger partial charge is 0.228 e. The zero-order chi connectivity index (χ0) is 14.0. The molecule has 1 heterocycles. The van der Waals surface area contributed by atoms with E-state index in [2.05, 4.69) is 25.9 Å². The first kappa shape index (κ1) is 14.1. The predicted octanol–water partition coefficient (Wildman–Crippen LogP) is 3.67. The molecule has 0 radical (unpaired) electrons. The number of aromatic nitrogens is 2. The van der Waals surface area contributed by atoms with E-state index in [1.807, 2.05) is 43.1 Å². The molecule has 0 fully saturated rings. The molecule has 0 aliphatic carbocycles. The molecule has 1 atom stereocenters. The van der Waals surface area contributed by atoms with Crippen LogP contribution >= 0.6 is 27.5 Å². The average molecular weight is 342 g/mol. The number of rotatable bonds is 3. The third-order valence-electron chi connectivity index (χ3n) is 2.95. The monoisotopic (exact) mass is 340 g/mol. The summed E-state index contributed by atoms with van der Waals surface area (Å²) < 4.78 is 0.660. The zero-order valence-corrected chi connectivity index (χ0v) is 13.0. The second-order valence-electron chi connectivity index (χ2n) is 4.22. The van der Waals surface area contributed by atoms with Crippen molar-refractivity contribution in [3.63, 3.8) is 0 Å². The van der Waals surface area contributed by atoms with Crippen molar-refractivity contribution in [2.75, 3.05) is 17.7 Å². The molecule has 2 rings (SSSR count). The first-order valence-corrected chi connectivity index (χ1v) is 6.93. The number of benzene rings is 1. The van der Waals surface area contributed by atoms with E-state index in [0.29, 0.717) is 16.4 Å². The number of nitrogen functional groups attached to an aromatic ring is 1. The maximum absolute atomic E-state index is 6.21. The topological polar surface area (TPSA) is 55.0 Å². The quantitative estimate of drug-likeness (QED) is 0.865. The van der Waals surface area contributed by atoms with E-state index < -0.39 is 0 Å². The summed E-state index contributed by atoms with van der Waals surface area (Å²) in [7, 11) is 1.91. The van der Waals surface area contributed by atoms with Gasteiger partial charge in [0.1, 0.15) is 10.4 Å². The molecule has 0 amide bonds. The molecule has 1 unspecified atom stereocenters. The number of nitrogens with zero attached hydrogens (tertiary/aromatic N) is 3. The highest BCUT2D eigenvalue weighted by atomic mass is 79.9. The van der Waals surface area contributed by atoms with Crippen molar-refractivity contribution in [3.8, 4) is 0 Å². The summed E-state index contributed by atoms with van der Waals surface area (Å²) in [6, 6.07) is 9.44. The molecular weight excluding hydrogens is 328 g/mol. The van der Waals surface area contributed by atoms with Gasteiger partial charge in [0.2, 0.25) is 5.95 Å². The molecule has 100 valence electrons. The van der Waals surface area contributed by atoms with Crippen LogP contribution in [0.15, 0.2) is 34.9 Å². The van der Waals surface area contributed by atoms with Gasteiger partial charge in [0.15, 0.2) is 0 Å². The summed E-state index contributed by atoms with van der Waals surface area (Å²) in [5, 5.41) is 0.727. The Hall–Kier alpha value is -1.33. The van der Waals surface area contributed by atoms with Crippen molar-refractivity contribution in [3.05, 3.63) is 45.5 Å². The molecule has 0 saturated heterocycles. The molecule has 19 heavy (non-hydrogen) atoms. The number of anilines is 2. The van der Waals surface area contributed by atoms with E-state index in [0.717, 1.165) is 10.6 Å². The molecule has 0 saturated carbocycles. The van der Waals surface area contributed by atoms with Crippen LogP contribution < -0.4 is 10.6 Å². The lowest BCUT2D eigenvalue weighted by Gasteiger charge is -2.26. The largest absolute Gasteiger partial charge is 0.383 e. The number of halogens is 2. The number of nitrogens with two attached hydrogens (primary N) is 1. The number of hydrogen-bond donors (Lipinski definition) is 1. The first-order valence-electron chi connectivity index (χ1n) is 5.76. The van der Waals surface area contributed by atoms with Crippen LogP contribution in [0.5, 0.6) is 0 Å². The first-order chi connectivity index (χ1) is 8.99. The van der Waals surface area contributed by atoms with Crippen LogP contribution in [0, 0.1) is 0 Å². The van der Waals surface area contributed by atoms with Gasteiger partial charge in [0.25, 0.3) is 0 Å². The summed E-state index contributed by atoms with van der Waals surface area (Å²) in [5.74, 6) is 0.981. The Morgan fingerprint density at radius 3 is 2.63 bits per heavy atom. The fraction of sp³-hybridized carbons (Fsp3) is 0.231. The fourth-order valence-electron chi connectivity index (χ4n) is 1.78. The Bertz CT molecular complexity index is 570. The molecule has 4 nitrogen and oxygen atoms in total. The van der Waals surface area contributed by atoms with E-state index in [1.165, 1.54) is 0 Å². The lowest BCUT2D eigenvalue weighted by atomic mass is 10.1. The summed E-state index contributed by atoms with van der Waals surface area (Å²) in [6.07, 6.45) is 0. The predicted molar refractivity (Wildman–Crippen MR) is 82.4 cm³/mol. The van der Waals surface area contributed by atoms with Crippen molar-refractivity contribution in [2.24, 2.45) is 0 Å². The second-order valence-corrected chi connectivity index (χ2v) is 5.44. The molecule has 0 aliphatic rings. The van der Waals surface area contributed by atoms with Crippen molar-refractivity contribution in [2.45, 2.75) is 13.0 Å². The molecule has 6 heteroatoms. The summed E-state index contributed by atoms with van der Waals surface area (Å²) in [5.41, 5.74) is 6.75. The van der Waals surface area contributed by atoms with Gasteiger partial charge >= 0.3 is 0 Å². The Labute approximate surface area is 125 Å². The van der Waals surface area contributed by atoms with Crippen molar-refractivity contribution >= 4 is 39.3 Å². The van der Waals surface area contributed by atoms with Gasteiger partial charge in [-0.2, -0.15) is 4.98 Å². The van der Waals surface area contributed by atoms with Gasteiger partial charge in [-0.05, 0) is 34.5 Å². The number of hydrogen-bond acceptors (Lipinski definition) is 4. The molecule has 2 N–H and O–H groups in total. The highest BCUT2D eigenvalue weighted by molar-refractivity contribution is 9.10. The van der Waals surface area contributed by atoms with E-state index in [1.54, 1.807) is 6.07 Å². The van der Waals surface area contributed by atoms with Crippen LogP contribution in [-0.4, -0.2) is 17.0 Å². The normalized spacial score (nSPS) is 12.2. The lowest BCUT2D eigenvalue weighted by molar-refractivity contribution is 0.715. The van der Waals surface area contributed by atoms with Gasteiger partial charge in [0, 0.05) is 18.1 Å². The minimum atomic E-state index is 0.0439. The Balaban J connectivity index is 2.33. The zero-order valence-electron chi connectivity index (χ0n) is 10.6. The van der Waals surface area contributed by atoms with Crippen LogP contribution in [0.3, 0.4) is 0 Å². The van der Waals surface area contributed by atoms with Crippen LogP contribution in [0.4, 0.5) is 11.8 Å². The fourth-order valence-corrected chi connectivity index (χ4v) is 2.46. The standard InChI is InChI=1S/C13H14BrClN4/c1-8(9-5-3-4-6-10(9)15)19(2)13-17-11(14)7-12(16)18-13/h3-8H,1-2H3,(H2,16,17,18). The Morgan fingerprint density at radius 1 is 1.32 bits per heavy atom.